The summed E-state index contributed by atoms with van der Waals surface area (Å²) in [4.78, 5) is 0. The molecule has 1 rings (SSSR count). The van der Waals surface area contributed by atoms with Gasteiger partial charge in [0.25, 0.3) is 0 Å². The molecule has 0 spiro atoms. The largest absolute Gasteiger partial charge is 0.271 e. The van der Waals surface area contributed by atoms with E-state index in [0.717, 1.165) is 11.5 Å². The minimum absolute atomic E-state index is 0.211. The van der Waals surface area contributed by atoms with Crippen LogP contribution in [0.1, 0.15) is 44.9 Å². The summed E-state index contributed by atoms with van der Waals surface area (Å²) in [5.41, 5.74) is 5.73. The summed E-state index contributed by atoms with van der Waals surface area (Å²) in [6.45, 7) is 8.86. The third kappa shape index (κ3) is 4.34. The van der Waals surface area contributed by atoms with Crippen LogP contribution in [0.25, 0.3) is 0 Å². The Labute approximate surface area is 109 Å². The number of benzene rings is 1. The van der Waals surface area contributed by atoms with Gasteiger partial charge < -0.3 is 0 Å². The topological polar surface area (TPSA) is 38.0 Å². The zero-order valence-corrected chi connectivity index (χ0v) is 12.1. The fourth-order valence-corrected chi connectivity index (χ4v) is 2.45. The Balaban J connectivity index is 2.78. The van der Waals surface area contributed by atoms with Gasteiger partial charge in [-0.25, -0.2) is 0 Å². The molecule has 1 aromatic carbocycles. The van der Waals surface area contributed by atoms with Crippen molar-refractivity contribution in [3.8, 4) is 0 Å². The first-order chi connectivity index (χ1) is 7.99. The molecule has 1 atom stereocenters. The molecule has 3 heteroatoms. The minimum Gasteiger partial charge on any atom is -0.271 e. The Kier molecular flexibility index (Phi) is 5.50. The van der Waals surface area contributed by atoms with Crippen molar-refractivity contribution in [2.75, 3.05) is 11.5 Å². The van der Waals surface area contributed by atoms with E-state index in [4.69, 9.17) is 5.84 Å². The number of hydrogen-bond acceptors (Lipinski definition) is 3. The first-order valence-corrected chi connectivity index (χ1v) is 7.28. The summed E-state index contributed by atoms with van der Waals surface area (Å²) < 4.78 is 0. The smallest absolute Gasteiger partial charge is 0.0550 e. The maximum Gasteiger partial charge on any atom is 0.0550 e. The summed E-state index contributed by atoms with van der Waals surface area (Å²) in [6, 6.07) is 9.02. The van der Waals surface area contributed by atoms with E-state index in [1.54, 1.807) is 0 Å². The van der Waals surface area contributed by atoms with E-state index in [1.807, 2.05) is 11.8 Å². The van der Waals surface area contributed by atoms with Crippen LogP contribution in [0, 0.1) is 0 Å². The molecule has 0 saturated heterocycles. The van der Waals surface area contributed by atoms with Crippen LogP contribution in [0.4, 0.5) is 0 Å². The molecule has 1 unspecified atom stereocenters. The van der Waals surface area contributed by atoms with Crippen molar-refractivity contribution in [1.82, 2.24) is 5.43 Å². The second-order valence-electron chi connectivity index (χ2n) is 5.25. The quantitative estimate of drug-likeness (QED) is 0.624. The lowest BCUT2D eigenvalue weighted by Gasteiger charge is -2.21. The van der Waals surface area contributed by atoms with E-state index >= 15 is 0 Å². The molecule has 0 radical (unpaired) electrons. The molecule has 1 aromatic rings. The molecule has 17 heavy (non-hydrogen) atoms. The van der Waals surface area contributed by atoms with Crippen LogP contribution >= 0.6 is 11.8 Å². The van der Waals surface area contributed by atoms with Gasteiger partial charge in [0.05, 0.1) is 6.04 Å². The van der Waals surface area contributed by atoms with Crippen molar-refractivity contribution in [1.29, 1.82) is 0 Å². The van der Waals surface area contributed by atoms with Gasteiger partial charge in [-0.05, 0) is 22.3 Å². The Morgan fingerprint density at radius 2 is 1.82 bits per heavy atom. The molecule has 0 fully saturated rings. The molecule has 0 amide bonds. The Morgan fingerprint density at radius 3 is 2.24 bits per heavy atom. The lowest BCUT2D eigenvalue weighted by molar-refractivity contribution is 0.585. The van der Waals surface area contributed by atoms with Gasteiger partial charge in [-0.1, -0.05) is 52.0 Å². The number of nitrogens with two attached hydrogens (primary N) is 1. The maximum atomic E-state index is 5.61. The molecule has 0 aliphatic rings. The molecule has 0 aliphatic carbocycles. The number of nitrogens with one attached hydrogen (secondary N) is 1. The second-order valence-corrected chi connectivity index (χ2v) is 6.57. The third-order valence-electron chi connectivity index (χ3n) is 2.87. The molecular weight excluding hydrogens is 228 g/mol. The van der Waals surface area contributed by atoms with E-state index < -0.39 is 0 Å². The van der Waals surface area contributed by atoms with Crippen LogP contribution in [0.3, 0.4) is 0 Å². The SMILES string of the molecule is CCSCC(NN)c1ccc(C(C)(C)C)cc1. The van der Waals surface area contributed by atoms with Crippen LogP contribution in [0.5, 0.6) is 0 Å². The van der Waals surface area contributed by atoms with Crippen molar-refractivity contribution in [3.05, 3.63) is 35.4 Å². The molecule has 0 heterocycles. The van der Waals surface area contributed by atoms with E-state index in [1.165, 1.54) is 11.1 Å². The second kappa shape index (κ2) is 6.43. The first-order valence-electron chi connectivity index (χ1n) is 6.13. The summed E-state index contributed by atoms with van der Waals surface area (Å²) in [5, 5.41) is 0. The molecule has 0 aromatic heterocycles. The van der Waals surface area contributed by atoms with Crippen LogP contribution in [-0.2, 0) is 5.41 Å². The predicted octanol–water partition coefficient (Wildman–Crippen LogP) is 3.24. The highest BCUT2D eigenvalue weighted by atomic mass is 32.2. The van der Waals surface area contributed by atoms with Crippen molar-refractivity contribution in [2.45, 2.75) is 39.2 Å². The van der Waals surface area contributed by atoms with Crippen molar-refractivity contribution in [3.63, 3.8) is 0 Å². The fraction of sp³-hybridized carbons (Fsp3) is 0.571. The Morgan fingerprint density at radius 1 is 1.24 bits per heavy atom. The highest BCUT2D eigenvalue weighted by Gasteiger charge is 2.14. The van der Waals surface area contributed by atoms with Gasteiger partial charge >= 0.3 is 0 Å². The van der Waals surface area contributed by atoms with Crippen LogP contribution in [0.2, 0.25) is 0 Å². The van der Waals surface area contributed by atoms with Crippen LogP contribution in [-0.4, -0.2) is 11.5 Å². The average Bonchev–Trinajstić information content (AvgIpc) is 2.29. The van der Waals surface area contributed by atoms with Crippen molar-refractivity contribution in [2.24, 2.45) is 5.84 Å². The lowest BCUT2D eigenvalue weighted by atomic mass is 9.86. The van der Waals surface area contributed by atoms with Gasteiger partial charge in [-0.2, -0.15) is 11.8 Å². The van der Waals surface area contributed by atoms with Gasteiger partial charge in [0, 0.05) is 5.75 Å². The lowest BCUT2D eigenvalue weighted by Crippen LogP contribution is -2.29. The van der Waals surface area contributed by atoms with Crippen LogP contribution in [0.15, 0.2) is 24.3 Å². The molecular formula is C14H24N2S. The van der Waals surface area contributed by atoms with Gasteiger partial charge in [0.2, 0.25) is 0 Å². The third-order valence-corrected chi connectivity index (χ3v) is 3.85. The Bertz CT molecular complexity index is 327. The molecule has 3 N–H and O–H groups in total. The molecule has 0 aliphatic heterocycles. The van der Waals surface area contributed by atoms with Crippen molar-refractivity contribution >= 4 is 11.8 Å². The fourth-order valence-electron chi connectivity index (χ4n) is 1.69. The number of rotatable bonds is 5. The summed E-state index contributed by atoms with van der Waals surface area (Å²) >= 11 is 1.90. The minimum atomic E-state index is 0.211. The van der Waals surface area contributed by atoms with Gasteiger partial charge in [-0.15, -0.1) is 0 Å². The molecule has 96 valence electrons. The summed E-state index contributed by atoms with van der Waals surface area (Å²) in [7, 11) is 0. The molecule has 2 nitrogen and oxygen atoms in total. The van der Waals surface area contributed by atoms with Gasteiger partial charge in [0.1, 0.15) is 0 Å². The molecule has 0 bridgehead atoms. The Hall–Kier alpha value is -0.510. The van der Waals surface area contributed by atoms with Gasteiger partial charge in [-0.3, -0.25) is 11.3 Å². The average molecular weight is 252 g/mol. The predicted molar refractivity (Wildman–Crippen MR) is 78.2 cm³/mol. The standard InChI is InChI=1S/C14H24N2S/c1-5-17-10-13(16-15)11-6-8-12(9-7-11)14(2,3)4/h6-9,13,16H,5,10,15H2,1-4H3. The van der Waals surface area contributed by atoms with E-state index in [0.29, 0.717) is 0 Å². The van der Waals surface area contributed by atoms with E-state index in [2.05, 4.69) is 57.4 Å². The maximum absolute atomic E-state index is 5.61. The number of hydrazine groups is 1. The van der Waals surface area contributed by atoms with E-state index in [-0.39, 0.29) is 11.5 Å². The zero-order chi connectivity index (χ0) is 12.9. The van der Waals surface area contributed by atoms with Crippen molar-refractivity contribution < 1.29 is 0 Å². The van der Waals surface area contributed by atoms with Gasteiger partial charge in [0.15, 0.2) is 0 Å². The highest BCUT2D eigenvalue weighted by molar-refractivity contribution is 7.99. The summed E-state index contributed by atoms with van der Waals surface area (Å²) in [6.07, 6.45) is 0. The highest BCUT2D eigenvalue weighted by Crippen LogP contribution is 2.24. The zero-order valence-electron chi connectivity index (χ0n) is 11.3. The summed E-state index contributed by atoms with van der Waals surface area (Å²) in [5.74, 6) is 7.75. The monoisotopic (exact) mass is 252 g/mol. The number of thioether (sulfide) groups is 1. The number of hydrogen-bond donors (Lipinski definition) is 2. The molecule has 0 saturated carbocycles. The van der Waals surface area contributed by atoms with E-state index in [9.17, 15) is 0 Å². The van der Waals surface area contributed by atoms with Crippen LogP contribution < -0.4 is 11.3 Å². The normalized spacial score (nSPS) is 13.7. The first kappa shape index (κ1) is 14.6.